The highest BCUT2D eigenvalue weighted by Gasteiger charge is 2.49. The smallest absolute Gasteiger partial charge is 0.231 e. The summed E-state index contributed by atoms with van der Waals surface area (Å²) in [5.74, 6) is 2.39. The third-order valence-electron chi connectivity index (χ3n) is 8.92. The fourth-order valence-corrected chi connectivity index (χ4v) is 6.90. The van der Waals surface area contributed by atoms with E-state index in [4.69, 9.17) is 9.15 Å². The second-order valence-electron chi connectivity index (χ2n) is 11.2. The number of quaternary nitrogens is 1. The van der Waals surface area contributed by atoms with Crippen molar-refractivity contribution >= 4 is 0 Å². The Labute approximate surface area is 212 Å². The molecule has 0 spiro atoms. The number of fused-ring (bicyclic) bond motifs is 3. The van der Waals surface area contributed by atoms with Crippen LogP contribution in [-0.4, -0.2) is 40.3 Å². The van der Waals surface area contributed by atoms with E-state index in [0.717, 1.165) is 86.3 Å². The van der Waals surface area contributed by atoms with Gasteiger partial charge in [-0.15, -0.1) is 0 Å². The van der Waals surface area contributed by atoms with Crippen LogP contribution in [0, 0.1) is 17.7 Å². The van der Waals surface area contributed by atoms with Gasteiger partial charge in [0.2, 0.25) is 5.89 Å². The van der Waals surface area contributed by atoms with Gasteiger partial charge in [0.15, 0.2) is 17.5 Å². The monoisotopic (exact) mass is 491 g/mol. The summed E-state index contributed by atoms with van der Waals surface area (Å²) in [6, 6.07) is 16.3. The predicted molar refractivity (Wildman–Crippen MR) is 135 cm³/mol. The molecule has 190 valence electrons. The van der Waals surface area contributed by atoms with Crippen molar-refractivity contribution in [2.75, 3.05) is 19.6 Å². The minimum atomic E-state index is -1.21. The van der Waals surface area contributed by atoms with Crippen LogP contribution >= 0.6 is 0 Å². The lowest BCUT2D eigenvalue weighted by Crippen LogP contribution is -2.64. The predicted octanol–water partition coefficient (Wildman–Crippen LogP) is 5.82. The second kappa shape index (κ2) is 9.64. The van der Waals surface area contributed by atoms with E-state index in [-0.39, 0.29) is 17.8 Å². The molecule has 0 radical (unpaired) electrons. The van der Waals surface area contributed by atoms with Gasteiger partial charge in [0.25, 0.3) is 0 Å². The molecule has 1 saturated carbocycles. The Hall–Kier alpha value is -2.70. The van der Waals surface area contributed by atoms with E-state index in [9.17, 15) is 9.50 Å². The molecular weight excluding hydrogens is 455 g/mol. The standard InChI is InChI=1S/C30H36FN2O3/c31-25-11-13-26(14-12-25)35-28-21-33(17-15-22(28)16-18-33)20-27-19-32-29(36-27)30(34,23-7-3-1-4-8-23)24-9-5-2-6-10-24/h1,3-4,7-8,11-14,19,22,24,28,34H,2,5-6,9-10,15-18,20-21H2/q+1/t22?,28-,30-,33?/m0/s1. The highest BCUT2D eigenvalue weighted by Crippen LogP contribution is 2.44. The molecule has 4 fully saturated rings. The number of ether oxygens (including phenoxy) is 1. The van der Waals surface area contributed by atoms with Crippen molar-refractivity contribution in [2.45, 2.75) is 63.2 Å². The normalized spacial score (nSPS) is 28.1. The first-order valence-electron chi connectivity index (χ1n) is 13.5. The Morgan fingerprint density at radius 1 is 0.972 bits per heavy atom. The number of rotatable bonds is 7. The molecule has 6 heteroatoms. The maximum absolute atomic E-state index is 13.3. The first-order valence-corrected chi connectivity index (χ1v) is 13.5. The average Bonchev–Trinajstić information content (AvgIpc) is 3.39. The van der Waals surface area contributed by atoms with Gasteiger partial charge in [0.1, 0.15) is 24.7 Å². The molecule has 7 rings (SSSR count). The summed E-state index contributed by atoms with van der Waals surface area (Å²) in [7, 11) is 0. The zero-order chi connectivity index (χ0) is 24.6. The molecule has 0 unspecified atom stereocenters. The molecule has 1 aromatic heterocycles. The molecule has 1 N–H and O–H groups in total. The average molecular weight is 492 g/mol. The Morgan fingerprint density at radius 3 is 2.42 bits per heavy atom. The number of oxazole rings is 1. The van der Waals surface area contributed by atoms with Crippen molar-refractivity contribution in [2.24, 2.45) is 11.8 Å². The first kappa shape index (κ1) is 23.7. The third kappa shape index (κ3) is 4.46. The molecule has 4 heterocycles. The fraction of sp³-hybridized carbons (Fsp3) is 0.500. The summed E-state index contributed by atoms with van der Waals surface area (Å²) in [6.07, 6.45) is 9.61. The van der Waals surface area contributed by atoms with Crippen molar-refractivity contribution < 1.29 is 23.1 Å². The van der Waals surface area contributed by atoms with Gasteiger partial charge in [-0.25, -0.2) is 9.37 Å². The molecule has 0 amide bonds. The van der Waals surface area contributed by atoms with E-state index in [1.54, 1.807) is 12.1 Å². The minimum absolute atomic E-state index is 0.103. The number of halogens is 1. The Kier molecular flexibility index (Phi) is 6.34. The molecule has 3 saturated heterocycles. The molecule has 4 aliphatic rings. The summed E-state index contributed by atoms with van der Waals surface area (Å²) in [6.45, 7) is 3.84. The Balaban J connectivity index is 1.23. The van der Waals surface area contributed by atoms with Gasteiger partial charge in [-0.1, -0.05) is 49.6 Å². The van der Waals surface area contributed by atoms with Crippen LogP contribution in [0.15, 0.2) is 65.2 Å². The molecule has 3 aliphatic heterocycles. The van der Waals surface area contributed by atoms with Crippen LogP contribution in [-0.2, 0) is 12.1 Å². The summed E-state index contributed by atoms with van der Waals surface area (Å²) in [5, 5.41) is 12.1. The Bertz CT molecular complexity index is 1150. The van der Waals surface area contributed by atoms with Gasteiger partial charge >= 0.3 is 0 Å². The fourth-order valence-electron chi connectivity index (χ4n) is 6.90. The van der Waals surface area contributed by atoms with Crippen LogP contribution < -0.4 is 4.74 Å². The minimum Gasteiger partial charge on any atom is -0.484 e. The number of hydrogen-bond donors (Lipinski definition) is 1. The summed E-state index contributed by atoms with van der Waals surface area (Å²) in [4.78, 5) is 4.69. The van der Waals surface area contributed by atoms with Gasteiger partial charge in [0, 0.05) is 24.7 Å². The van der Waals surface area contributed by atoms with E-state index in [0.29, 0.717) is 11.8 Å². The van der Waals surface area contributed by atoms with E-state index in [1.165, 1.54) is 18.6 Å². The number of aromatic nitrogens is 1. The zero-order valence-corrected chi connectivity index (χ0v) is 20.8. The van der Waals surface area contributed by atoms with Crippen molar-refractivity contribution in [1.29, 1.82) is 0 Å². The van der Waals surface area contributed by atoms with Crippen LogP contribution in [0.2, 0.25) is 0 Å². The summed E-state index contributed by atoms with van der Waals surface area (Å²) >= 11 is 0. The van der Waals surface area contributed by atoms with Gasteiger partial charge in [-0.2, -0.15) is 0 Å². The van der Waals surface area contributed by atoms with Crippen molar-refractivity contribution in [3.8, 4) is 5.75 Å². The molecular formula is C30H36FN2O3+. The van der Waals surface area contributed by atoms with Crippen LogP contribution in [0.5, 0.6) is 5.75 Å². The topological polar surface area (TPSA) is 55.5 Å². The van der Waals surface area contributed by atoms with Gasteiger partial charge in [0.05, 0.1) is 19.3 Å². The lowest BCUT2D eigenvalue weighted by atomic mass is 9.73. The highest BCUT2D eigenvalue weighted by atomic mass is 19.1. The lowest BCUT2D eigenvalue weighted by Gasteiger charge is -2.51. The molecule has 2 aromatic carbocycles. The first-order chi connectivity index (χ1) is 17.5. The zero-order valence-electron chi connectivity index (χ0n) is 20.8. The van der Waals surface area contributed by atoms with Crippen LogP contribution in [0.25, 0.3) is 0 Å². The van der Waals surface area contributed by atoms with Crippen molar-refractivity contribution in [3.63, 3.8) is 0 Å². The quantitative estimate of drug-likeness (QED) is 0.423. The largest absolute Gasteiger partial charge is 0.484 e. The Morgan fingerprint density at radius 2 is 1.69 bits per heavy atom. The number of hydrogen-bond acceptors (Lipinski definition) is 4. The molecule has 5 nitrogen and oxygen atoms in total. The molecule has 36 heavy (non-hydrogen) atoms. The SMILES string of the molecule is O[C@](c1ccccc1)(c1ncc(C[N+]23CCC(CC2)[C@@H](Oc2ccc(F)cc2)C3)o1)C1CCCCC1. The number of nitrogens with zero attached hydrogens (tertiary/aromatic N) is 2. The lowest BCUT2D eigenvalue weighted by molar-refractivity contribution is -0.958. The van der Waals surface area contributed by atoms with E-state index in [2.05, 4.69) is 4.98 Å². The van der Waals surface area contributed by atoms with Gasteiger partial charge in [-0.05, 0) is 42.7 Å². The molecule has 3 aromatic rings. The molecule has 2 bridgehead atoms. The van der Waals surface area contributed by atoms with Gasteiger partial charge in [-0.3, -0.25) is 0 Å². The number of aliphatic hydroxyl groups is 1. The number of benzene rings is 2. The maximum atomic E-state index is 13.3. The van der Waals surface area contributed by atoms with E-state index in [1.807, 2.05) is 36.5 Å². The van der Waals surface area contributed by atoms with Crippen molar-refractivity contribution in [1.82, 2.24) is 4.98 Å². The molecule has 2 atom stereocenters. The second-order valence-corrected chi connectivity index (χ2v) is 11.2. The molecule has 1 aliphatic carbocycles. The summed E-state index contributed by atoms with van der Waals surface area (Å²) in [5.41, 5.74) is -0.341. The maximum Gasteiger partial charge on any atom is 0.231 e. The van der Waals surface area contributed by atoms with Crippen LogP contribution in [0.3, 0.4) is 0 Å². The number of piperidine rings is 3. The summed E-state index contributed by atoms with van der Waals surface area (Å²) < 4.78 is 27.0. The van der Waals surface area contributed by atoms with E-state index < -0.39 is 5.60 Å². The van der Waals surface area contributed by atoms with Crippen LogP contribution in [0.1, 0.15) is 62.2 Å². The van der Waals surface area contributed by atoms with E-state index >= 15 is 0 Å². The third-order valence-corrected chi connectivity index (χ3v) is 8.92. The van der Waals surface area contributed by atoms with Gasteiger partial charge < -0.3 is 18.7 Å². The van der Waals surface area contributed by atoms with Crippen LogP contribution in [0.4, 0.5) is 4.39 Å². The highest BCUT2D eigenvalue weighted by molar-refractivity contribution is 5.30. The van der Waals surface area contributed by atoms with Crippen molar-refractivity contribution in [3.05, 3.63) is 83.8 Å².